The van der Waals surface area contributed by atoms with Crippen LogP contribution >= 0.6 is 24.0 Å². The number of halogens is 1. The number of benzene rings is 2. The van der Waals surface area contributed by atoms with Gasteiger partial charge in [0.05, 0.1) is 0 Å². The Balaban J connectivity index is 0.00000392. The van der Waals surface area contributed by atoms with Gasteiger partial charge in [0.15, 0.2) is 5.96 Å². The Kier molecular flexibility index (Phi) is 11.2. The summed E-state index contributed by atoms with van der Waals surface area (Å²) in [5.41, 5.74) is 2.88. The molecule has 0 aliphatic rings. The van der Waals surface area contributed by atoms with Crippen LogP contribution in [0.4, 0.5) is 0 Å². The first kappa shape index (κ1) is 23.9. The van der Waals surface area contributed by atoms with Crippen LogP contribution in [0.15, 0.2) is 59.6 Å². The van der Waals surface area contributed by atoms with Crippen LogP contribution < -0.4 is 16.0 Å². The average molecular weight is 495 g/mol. The van der Waals surface area contributed by atoms with Gasteiger partial charge in [-0.3, -0.25) is 9.79 Å². The number of hydrogen-bond donors (Lipinski definition) is 3. The lowest BCUT2D eigenvalue weighted by Crippen LogP contribution is -2.36. The maximum atomic E-state index is 12.2. The van der Waals surface area contributed by atoms with Gasteiger partial charge in [-0.05, 0) is 37.4 Å². The van der Waals surface area contributed by atoms with E-state index in [9.17, 15) is 4.79 Å². The second-order valence-corrected chi connectivity index (χ2v) is 6.52. The van der Waals surface area contributed by atoms with Gasteiger partial charge in [-0.1, -0.05) is 42.5 Å². The number of nitrogens with zero attached hydrogens (tertiary/aromatic N) is 2. The van der Waals surface area contributed by atoms with Crippen molar-refractivity contribution in [3.8, 4) is 0 Å². The number of carbonyl (C=O) groups is 1. The van der Waals surface area contributed by atoms with Crippen LogP contribution in [0.3, 0.4) is 0 Å². The van der Waals surface area contributed by atoms with Crippen molar-refractivity contribution in [3.63, 3.8) is 0 Å². The van der Waals surface area contributed by atoms with Crippen LogP contribution in [-0.4, -0.2) is 51.0 Å². The van der Waals surface area contributed by atoms with Crippen molar-refractivity contribution in [2.75, 3.05) is 34.2 Å². The summed E-state index contributed by atoms with van der Waals surface area (Å²) in [7, 11) is 5.71. The van der Waals surface area contributed by atoms with Crippen molar-refractivity contribution >= 4 is 35.8 Å². The van der Waals surface area contributed by atoms with E-state index in [0.29, 0.717) is 25.2 Å². The van der Waals surface area contributed by atoms with E-state index in [1.807, 2.05) is 61.5 Å². The predicted octanol–water partition coefficient (Wildman–Crippen LogP) is 2.46. The largest absolute Gasteiger partial charge is 0.352 e. The van der Waals surface area contributed by atoms with Gasteiger partial charge in [0.2, 0.25) is 0 Å². The van der Waals surface area contributed by atoms with Crippen molar-refractivity contribution in [1.29, 1.82) is 0 Å². The molecule has 3 N–H and O–H groups in total. The smallest absolute Gasteiger partial charge is 0.251 e. The third kappa shape index (κ3) is 8.71. The Hall–Kier alpha value is -2.13. The third-order valence-corrected chi connectivity index (χ3v) is 4.02. The average Bonchev–Trinajstić information content (AvgIpc) is 2.69. The highest BCUT2D eigenvalue weighted by atomic mass is 127. The van der Waals surface area contributed by atoms with Gasteiger partial charge < -0.3 is 20.9 Å². The van der Waals surface area contributed by atoms with Crippen LogP contribution in [0.1, 0.15) is 21.5 Å². The molecule has 0 saturated carbocycles. The van der Waals surface area contributed by atoms with Gasteiger partial charge >= 0.3 is 0 Å². The Morgan fingerprint density at radius 1 is 0.929 bits per heavy atom. The van der Waals surface area contributed by atoms with Gasteiger partial charge in [-0.15, -0.1) is 24.0 Å². The van der Waals surface area contributed by atoms with E-state index in [-0.39, 0.29) is 29.9 Å². The van der Waals surface area contributed by atoms with E-state index in [0.717, 1.165) is 18.1 Å². The molecule has 6 nitrogen and oxygen atoms in total. The predicted molar refractivity (Wildman–Crippen MR) is 126 cm³/mol. The highest BCUT2D eigenvalue weighted by Crippen LogP contribution is 2.05. The fourth-order valence-corrected chi connectivity index (χ4v) is 2.51. The molecule has 0 saturated heterocycles. The van der Waals surface area contributed by atoms with E-state index in [1.54, 1.807) is 7.05 Å². The monoisotopic (exact) mass is 495 g/mol. The number of amides is 1. The maximum Gasteiger partial charge on any atom is 0.251 e. The SMILES string of the molecule is CN=C(NCc1ccccc1)NCc1cccc(C(=O)NCCN(C)C)c1.I. The van der Waals surface area contributed by atoms with Crippen molar-refractivity contribution in [2.45, 2.75) is 13.1 Å². The Labute approximate surface area is 184 Å². The second-order valence-electron chi connectivity index (χ2n) is 6.52. The van der Waals surface area contributed by atoms with Gasteiger partial charge in [0, 0.05) is 38.8 Å². The number of carbonyl (C=O) groups excluding carboxylic acids is 1. The van der Waals surface area contributed by atoms with E-state index in [4.69, 9.17) is 0 Å². The fraction of sp³-hybridized carbons (Fsp3) is 0.333. The lowest BCUT2D eigenvalue weighted by atomic mass is 10.1. The number of rotatable bonds is 8. The highest BCUT2D eigenvalue weighted by molar-refractivity contribution is 14.0. The second kappa shape index (κ2) is 13.1. The van der Waals surface area contributed by atoms with Crippen LogP contribution in [-0.2, 0) is 13.1 Å². The first-order chi connectivity index (χ1) is 13.1. The van der Waals surface area contributed by atoms with Crippen molar-refractivity contribution < 1.29 is 4.79 Å². The Morgan fingerprint density at radius 3 is 2.21 bits per heavy atom. The first-order valence-corrected chi connectivity index (χ1v) is 9.09. The fourth-order valence-electron chi connectivity index (χ4n) is 2.51. The number of guanidine groups is 1. The van der Waals surface area contributed by atoms with Gasteiger partial charge in [-0.2, -0.15) is 0 Å². The summed E-state index contributed by atoms with van der Waals surface area (Å²) < 4.78 is 0. The molecule has 0 aliphatic carbocycles. The summed E-state index contributed by atoms with van der Waals surface area (Å²) in [5, 5.41) is 9.50. The Bertz CT molecular complexity index is 749. The normalized spacial score (nSPS) is 10.9. The molecule has 0 atom stereocenters. The van der Waals surface area contributed by atoms with Crippen LogP contribution in [0.5, 0.6) is 0 Å². The lowest BCUT2D eigenvalue weighted by Gasteiger charge is -2.13. The van der Waals surface area contributed by atoms with Crippen LogP contribution in [0.25, 0.3) is 0 Å². The molecule has 0 fully saturated rings. The number of nitrogens with one attached hydrogen (secondary N) is 3. The molecule has 28 heavy (non-hydrogen) atoms. The zero-order valence-corrected chi connectivity index (χ0v) is 19.1. The maximum absolute atomic E-state index is 12.2. The molecule has 0 spiro atoms. The quantitative estimate of drug-likeness (QED) is 0.299. The minimum atomic E-state index is -0.0507. The molecule has 152 valence electrons. The molecular weight excluding hydrogens is 465 g/mol. The molecule has 1 amide bonds. The van der Waals surface area contributed by atoms with Crippen LogP contribution in [0, 0.1) is 0 Å². The molecule has 0 unspecified atom stereocenters. The molecule has 2 rings (SSSR count). The molecule has 0 aliphatic heterocycles. The number of likely N-dealkylation sites (N-methyl/N-ethyl adjacent to an activating group) is 1. The summed E-state index contributed by atoms with van der Waals surface area (Å²) in [6, 6.07) is 17.8. The van der Waals surface area contributed by atoms with E-state index in [2.05, 4.69) is 33.1 Å². The number of hydrogen-bond acceptors (Lipinski definition) is 3. The van der Waals surface area contributed by atoms with E-state index >= 15 is 0 Å². The minimum absolute atomic E-state index is 0. The van der Waals surface area contributed by atoms with Gasteiger partial charge in [0.1, 0.15) is 0 Å². The first-order valence-electron chi connectivity index (χ1n) is 9.09. The summed E-state index contributed by atoms with van der Waals surface area (Å²) in [4.78, 5) is 18.5. The minimum Gasteiger partial charge on any atom is -0.352 e. The summed E-state index contributed by atoms with van der Waals surface area (Å²) in [6.07, 6.45) is 0. The number of aliphatic imine (C=N–C) groups is 1. The van der Waals surface area contributed by atoms with Crippen molar-refractivity contribution in [3.05, 3.63) is 71.3 Å². The Morgan fingerprint density at radius 2 is 1.57 bits per heavy atom. The van der Waals surface area contributed by atoms with Gasteiger partial charge in [0.25, 0.3) is 5.91 Å². The molecule has 2 aromatic carbocycles. The lowest BCUT2D eigenvalue weighted by molar-refractivity contribution is 0.0951. The van der Waals surface area contributed by atoms with Gasteiger partial charge in [-0.25, -0.2) is 0 Å². The topological polar surface area (TPSA) is 68.8 Å². The van der Waals surface area contributed by atoms with Crippen molar-refractivity contribution in [2.24, 2.45) is 4.99 Å². The van der Waals surface area contributed by atoms with E-state index in [1.165, 1.54) is 5.56 Å². The van der Waals surface area contributed by atoms with Crippen molar-refractivity contribution in [1.82, 2.24) is 20.9 Å². The summed E-state index contributed by atoms with van der Waals surface area (Å²) in [6.45, 7) is 2.74. The molecular formula is C21H30IN5O. The molecule has 0 heterocycles. The summed E-state index contributed by atoms with van der Waals surface area (Å²) >= 11 is 0. The highest BCUT2D eigenvalue weighted by Gasteiger charge is 2.06. The molecule has 0 radical (unpaired) electrons. The molecule has 0 bridgehead atoms. The third-order valence-electron chi connectivity index (χ3n) is 4.02. The van der Waals surface area contributed by atoms with Crippen LogP contribution in [0.2, 0.25) is 0 Å². The zero-order valence-electron chi connectivity index (χ0n) is 16.7. The molecule has 0 aromatic heterocycles. The van der Waals surface area contributed by atoms with E-state index < -0.39 is 0 Å². The molecule has 7 heteroatoms. The standard InChI is InChI=1S/C21H29N5O.HI/c1-22-21(24-15-17-8-5-4-6-9-17)25-16-18-10-7-11-19(14-18)20(27)23-12-13-26(2)3;/h4-11,14H,12-13,15-16H2,1-3H3,(H,23,27)(H2,22,24,25);1H. The summed E-state index contributed by atoms with van der Waals surface area (Å²) in [5.74, 6) is 0.671. The zero-order chi connectivity index (χ0) is 19.5. The molecule has 2 aromatic rings.